The molecule has 1 heterocycles. The van der Waals surface area contributed by atoms with Crippen LogP contribution in [0, 0.1) is 13.8 Å². The van der Waals surface area contributed by atoms with Gasteiger partial charge in [-0.05, 0) is 43.7 Å². The topological polar surface area (TPSA) is 59.0 Å². The fourth-order valence-electron chi connectivity index (χ4n) is 2.68. The number of rotatable bonds is 4. The fraction of sp³-hybridized carbons (Fsp3) is 0.158. The number of nitrogens with zero attached hydrogens (tertiary/aromatic N) is 2. The van der Waals surface area contributed by atoms with Crippen molar-refractivity contribution in [2.24, 2.45) is 0 Å². The van der Waals surface area contributed by atoms with Gasteiger partial charge >= 0.3 is 6.03 Å². The van der Waals surface area contributed by atoms with Crippen molar-refractivity contribution in [1.82, 2.24) is 9.78 Å². The Hall–Kier alpha value is -2.21. The summed E-state index contributed by atoms with van der Waals surface area (Å²) in [5, 5.41) is 11.6. The highest BCUT2D eigenvalue weighted by molar-refractivity contribution is 6.35. The van der Waals surface area contributed by atoms with E-state index in [1.165, 1.54) is 0 Å². The maximum atomic E-state index is 12.4. The standard InChI is InChI=1S/C19H17Cl3N4O/c1-11-18(24-19(27)23-17-9-14(20)7-8-16(17)22)12(2)26(25-11)10-13-5-3-4-6-15(13)21/h3-9H,10H2,1-2H3,(H2,23,24,27). The predicted octanol–water partition coefficient (Wildman–Crippen LogP) is 6.15. The van der Waals surface area contributed by atoms with E-state index in [0.29, 0.717) is 38.7 Å². The molecule has 0 spiro atoms. The van der Waals surface area contributed by atoms with E-state index < -0.39 is 6.03 Å². The molecule has 2 N–H and O–H groups in total. The van der Waals surface area contributed by atoms with Crippen LogP contribution in [0.25, 0.3) is 0 Å². The number of urea groups is 1. The van der Waals surface area contributed by atoms with Crippen LogP contribution < -0.4 is 10.6 Å². The van der Waals surface area contributed by atoms with Crippen molar-refractivity contribution in [1.29, 1.82) is 0 Å². The Kier molecular flexibility index (Phi) is 5.95. The van der Waals surface area contributed by atoms with Gasteiger partial charge in [-0.1, -0.05) is 53.0 Å². The van der Waals surface area contributed by atoms with Gasteiger partial charge in [0.25, 0.3) is 0 Å². The van der Waals surface area contributed by atoms with Crippen LogP contribution in [0.3, 0.4) is 0 Å². The molecule has 0 aliphatic carbocycles. The van der Waals surface area contributed by atoms with E-state index in [1.807, 2.05) is 38.1 Å². The van der Waals surface area contributed by atoms with Crippen LogP contribution in [0.15, 0.2) is 42.5 Å². The molecule has 3 rings (SSSR count). The number of carbonyl (C=O) groups is 1. The van der Waals surface area contributed by atoms with E-state index in [0.717, 1.165) is 11.3 Å². The summed E-state index contributed by atoms with van der Waals surface area (Å²) in [5.41, 5.74) is 3.54. The first-order valence-electron chi connectivity index (χ1n) is 8.15. The molecule has 0 radical (unpaired) electrons. The Morgan fingerprint density at radius 1 is 1.04 bits per heavy atom. The van der Waals surface area contributed by atoms with Gasteiger partial charge in [-0.15, -0.1) is 0 Å². The van der Waals surface area contributed by atoms with Gasteiger partial charge < -0.3 is 10.6 Å². The van der Waals surface area contributed by atoms with Gasteiger partial charge in [-0.2, -0.15) is 5.10 Å². The number of aryl methyl sites for hydroxylation is 1. The molecule has 8 heteroatoms. The molecule has 0 unspecified atom stereocenters. The molecule has 27 heavy (non-hydrogen) atoms. The lowest BCUT2D eigenvalue weighted by Gasteiger charge is -2.10. The first-order valence-corrected chi connectivity index (χ1v) is 9.29. The van der Waals surface area contributed by atoms with E-state index >= 15 is 0 Å². The fourth-order valence-corrected chi connectivity index (χ4v) is 3.21. The quantitative estimate of drug-likeness (QED) is 0.528. The lowest BCUT2D eigenvalue weighted by molar-refractivity contribution is 0.262. The summed E-state index contributed by atoms with van der Waals surface area (Å²) < 4.78 is 1.80. The van der Waals surface area contributed by atoms with E-state index in [-0.39, 0.29) is 0 Å². The highest BCUT2D eigenvalue weighted by atomic mass is 35.5. The zero-order valence-electron chi connectivity index (χ0n) is 14.7. The number of amides is 2. The monoisotopic (exact) mass is 422 g/mol. The van der Waals surface area contributed by atoms with Crippen LogP contribution in [-0.2, 0) is 6.54 Å². The molecule has 0 saturated heterocycles. The van der Waals surface area contributed by atoms with Gasteiger partial charge in [0.1, 0.15) is 0 Å². The Labute approximate surface area is 172 Å². The van der Waals surface area contributed by atoms with Gasteiger partial charge in [-0.3, -0.25) is 4.68 Å². The van der Waals surface area contributed by atoms with Crippen molar-refractivity contribution in [2.75, 3.05) is 10.6 Å². The molecule has 0 bridgehead atoms. The third kappa shape index (κ3) is 4.56. The number of carbonyl (C=O) groups excluding carboxylic acids is 1. The molecule has 140 valence electrons. The van der Waals surface area contributed by atoms with Crippen LogP contribution in [-0.4, -0.2) is 15.8 Å². The van der Waals surface area contributed by atoms with Crippen LogP contribution in [0.5, 0.6) is 0 Å². The summed E-state index contributed by atoms with van der Waals surface area (Å²) >= 11 is 18.3. The highest BCUT2D eigenvalue weighted by Crippen LogP contribution is 2.27. The predicted molar refractivity (Wildman–Crippen MR) is 111 cm³/mol. The minimum atomic E-state index is -0.428. The number of benzene rings is 2. The summed E-state index contributed by atoms with van der Waals surface area (Å²) in [5.74, 6) is 0. The first-order chi connectivity index (χ1) is 12.8. The van der Waals surface area contributed by atoms with Crippen molar-refractivity contribution >= 4 is 52.2 Å². The third-order valence-corrected chi connectivity index (χ3v) is 5.01. The van der Waals surface area contributed by atoms with Gasteiger partial charge in [0.05, 0.1) is 34.3 Å². The molecule has 5 nitrogen and oxygen atoms in total. The molecule has 1 aromatic heterocycles. The number of hydrogen-bond donors (Lipinski definition) is 2. The maximum absolute atomic E-state index is 12.4. The second kappa shape index (κ2) is 8.21. The number of halogens is 3. The van der Waals surface area contributed by atoms with E-state index in [4.69, 9.17) is 34.8 Å². The SMILES string of the molecule is Cc1nn(Cc2ccccc2Cl)c(C)c1NC(=O)Nc1cc(Cl)ccc1Cl. The third-order valence-electron chi connectivity index (χ3n) is 4.07. The molecule has 0 atom stereocenters. The number of aromatic nitrogens is 2. The molecule has 0 aliphatic rings. The molecule has 0 saturated carbocycles. The van der Waals surface area contributed by atoms with Crippen molar-refractivity contribution in [3.05, 3.63) is 74.5 Å². The zero-order valence-corrected chi connectivity index (χ0v) is 17.0. The smallest absolute Gasteiger partial charge is 0.306 e. The Morgan fingerprint density at radius 2 is 1.78 bits per heavy atom. The highest BCUT2D eigenvalue weighted by Gasteiger charge is 2.16. The summed E-state index contributed by atoms with van der Waals surface area (Å²) in [6.45, 7) is 4.23. The molecular formula is C19H17Cl3N4O. The first kappa shape index (κ1) is 19.5. The second-order valence-electron chi connectivity index (χ2n) is 6.00. The average molecular weight is 424 g/mol. The minimum absolute atomic E-state index is 0.400. The van der Waals surface area contributed by atoms with Crippen molar-refractivity contribution in [2.45, 2.75) is 20.4 Å². The average Bonchev–Trinajstić information content (AvgIpc) is 2.87. The summed E-state index contributed by atoms with van der Waals surface area (Å²) in [6, 6.07) is 12.0. The van der Waals surface area contributed by atoms with Gasteiger partial charge in [0.2, 0.25) is 0 Å². The number of nitrogens with one attached hydrogen (secondary N) is 2. The van der Waals surface area contributed by atoms with Crippen LogP contribution in [0.1, 0.15) is 17.0 Å². The van der Waals surface area contributed by atoms with Crippen LogP contribution >= 0.6 is 34.8 Å². The molecule has 0 aliphatic heterocycles. The zero-order chi connectivity index (χ0) is 19.6. The number of anilines is 2. The second-order valence-corrected chi connectivity index (χ2v) is 7.25. The van der Waals surface area contributed by atoms with Crippen LogP contribution in [0.4, 0.5) is 16.2 Å². The van der Waals surface area contributed by atoms with Crippen molar-refractivity contribution in [3.63, 3.8) is 0 Å². The Morgan fingerprint density at radius 3 is 2.52 bits per heavy atom. The molecular weight excluding hydrogens is 407 g/mol. The normalized spacial score (nSPS) is 10.7. The van der Waals surface area contributed by atoms with Gasteiger partial charge in [0, 0.05) is 10.0 Å². The molecule has 2 amide bonds. The van der Waals surface area contributed by atoms with E-state index in [9.17, 15) is 4.79 Å². The number of hydrogen-bond acceptors (Lipinski definition) is 2. The Bertz CT molecular complexity index is 1000. The summed E-state index contributed by atoms with van der Waals surface area (Å²) in [7, 11) is 0. The molecule has 3 aromatic rings. The van der Waals surface area contributed by atoms with E-state index in [1.54, 1.807) is 22.9 Å². The summed E-state index contributed by atoms with van der Waals surface area (Å²) in [6.07, 6.45) is 0. The lowest BCUT2D eigenvalue weighted by Crippen LogP contribution is -2.20. The minimum Gasteiger partial charge on any atom is -0.306 e. The maximum Gasteiger partial charge on any atom is 0.323 e. The van der Waals surface area contributed by atoms with Crippen molar-refractivity contribution in [3.8, 4) is 0 Å². The Balaban J connectivity index is 1.77. The van der Waals surface area contributed by atoms with Crippen LogP contribution in [0.2, 0.25) is 15.1 Å². The molecule has 0 fully saturated rings. The molecule has 2 aromatic carbocycles. The van der Waals surface area contributed by atoms with Crippen molar-refractivity contribution < 1.29 is 4.79 Å². The van der Waals surface area contributed by atoms with Gasteiger partial charge in [0.15, 0.2) is 0 Å². The van der Waals surface area contributed by atoms with E-state index in [2.05, 4.69) is 15.7 Å². The lowest BCUT2D eigenvalue weighted by atomic mass is 10.2. The summed E-state index contributed by atoms with van der Waals surface area (Å²) in [4.78, 5) is 12.4. The largest absolute Gasteiger partial charge is 0.323 e. The van der Waals surface area contributed by atoms with Gasteiger partial charge in [-0.25, -0.2) is 4.79 Å².